The number of amides is 1. The predicted molar refractivity (Wildman–Crippen MR) is 129 cm³/mol. The highest BCUT2D eigenvalue weighted by molar-refractivity contribution is 5.81. The van der Waals surface area contributed by atoms with E-state index in [0.29, 0.717) is 31.6 Å². The number of benzene rings is 2. The minimum Gasteiger partial charge on any atom is -0.383 e. The molecule has 34 heavy (non-hydrogen) atoms. The highest BCUT2D eigenvalue weighted by Gasteiger charge is 2.51. The van der Waals surface area contributed by atoms with Gasteiger partial charge in [-0.05, 0) is 57.2 Å². The van der Waals surface area contributed by atoms with E-state index in [9.17, 15) is 18.7 Å². The van der Waals surface area contributed by atoms with Crippen molar-refractivity contribution >= 4 is 5.91 Å². The smallest absolute Gasteiger partial charge is 0.228 e. The molecule has 2 saturated heterocycles. The number of piperidine rings is 1. The second-order valence-electron chi connectivity index (χ2n) is 11.0. The number of rotatable bonds is 3. The van der Waals surface area contributed by atoms with E-state index < -0.39 is 29.2 Å². The SMILES string of the molecule is C[C@@H]1N(C(=O)[C@@H]2CN(C(C)(C)C)C[C@H]2c2ccc(F)cc2F)CC[C@H](C)[C@@]1(O)c1ccccc1. The van der Waals surface area contributed by atoms with Gasteiger partial charge >= 0.3 is 0 Å². The molecular weight excluding hydrogens is 434 g/mol. The molecule has 1 amide bonds. The molecule has 0 aliphatic carbocycles. The molecular formula is C28H36F2N2O2. The van der Waals surface area contributed by atoms with E-state index >= 15 is 0 Å². The number of likely N-dealkylation sites (tertiary alicyclic amines) is 2. The lowest BCUT2D eigenvalue weighted by molar-refractivity contribution is -0.159. The molecule has 2 aromatic rings. The van der Waals surface area contributed by atoms with Gasteiger partial charge in [-0.3, -0.25) is 9.69 Å². The third-order valence-electron chi connectivity index (χ3n) is 8.13. The maximum Gasteiger partial charge on any atom is 0.228 e. The zero-order valence-corrected chi connectivity index (χ0v) is 20.8. The summed E-state index contributed by atoms with van der Waals surface area (Å²) in [6.07, 6.45) is 0.673. The van der Waals surface area contributed by atoms with Crippen molar-refractivity contribution in [3.05, 3.63) is 71.3 Å². The van der Waals surface area contributed by atoms with Crippen molar-refractivity contribution in [1.29, 1.82) is 0 Å². The fourth-order valence-corrected chi connectivity index (χ4v) is 5.86. The number of hydrogen-bond donors (Lipinski definition) is 1. The summed E-state index contributed by atoms with van der Waals surface area (Å²) < 4.78 is 28.5. The molecule has 6 heteroatoms. The first-order chi connectivity index (χ1) is 15.9. The first-order valence-electron chi connectivity index (χ1n) is 12.2. The van der Waals surface area contributed by atoms with Crippen molar-refractivity contribution in [2.24, 2.45) is 11.8 Å². The summed E-state index contributed by atoms with van der Waals surface area (Å²) in [5.74, 6) is -2.19. The van der Waals surface area contributed by atoms with Gasteiger partial charge in [0.1, 0.15) is 17.2 Å². The summed E-state index contributed by atoms with van der Waals surface area (Å²) in [5, 5.41) is 11.9. The quantitative estimate of drug-likeness (QED) is 0.692. The van der Waals surface area contributed by atoms with Crippen molar-refractivity contribution in [1.82, 2.24) is 9.80 Å². The standard InChI is InChI=1S/C28H36F2N2O2/c1-18-13-14-32(19(2)28(18,34)20-9-7-6-8-10-20)26(33)24-17-31(27(3,4)5)16-23(24)22-12-11-21(29)15-25(22)30/h6-12,15,18-19,23-24,34H,13-14,16-17H2,1-5H3/t18-,19-,23-,24+,28-/m0/s1. The van der Waals surface area contributed by atoms with Crippen molar-refractivity contribution in [3.63, 3.8) is 0 Å². The molecule has 0 saturated carbocycles. The molecule has 0 unspecified atom stereocenters. The van der Waals surface area contributed by atoms with Gasteiger partial charge in [-0.1, -0.05) is 43.3 Å². The fourth-order valence-electron chi connectivity index (χ4n) is 5.86. The number of halogens is 2. The molecule has 1 N–H and O–H groups in total. The molecule has 2 aromatic carbocycles. The monoisotopic (exact) mass is 470 g/mol. The predicted octanol–water partition coefficient (Wildman–Crippen LogP) is 4.92. The van der Waals surface area contributed by atoms with Crippen LogP contribution in [-0.4, -0.2) is 52.0 Å². The van der Waals surface area contributed by atoms with Gasteiger partial charge in [0.2, 0.25) is 5.91 Å². The van der Waals surface area contributed by atoms with E-state index in [2.05, 4.69) is 25.7 Å². The van der Waals surface area contributed by atoms with Crippen LogP contribution in [0.1, 0.15) is 58.1 Å². The van der Waals surface area contributed by atoms with Gasteiger partial charge in [0.15, 0.2) is 0 Å². The largest absolute Gasteiger partial charge is 0.383 e. The maximum absolute atomic E-state index is 14.9. The van der Waals surface area contributed by atoms with Crippen LogP contribution in [0.4, 0.5) is 8.78 Å². The van der Waals surface area contributed by atoms with Crippen molar-refractivity contribution in [2.45, 2.75) is 64.1 Å². The molecule has 5 atom stereocenters. The van der Waals surface area contributed by atoms with Crippen LogP contribution in [0.3, 0.4) is 0 Å². The Morgan fingerprint density at radius 3 is 2.35 bits per heavy atom. The van der Waals surface area contributed by atoms with Crippen LogP contribution in [0.25, 0.3) is 0 Å². The van der Waals surface area contributed by atoms with E-state index in [0.717, 1.165) is 11.6 Å². The minimum absolute atomic E-state index is 0.0195. The number of carbonyl (C=O) groups excluding carboxylic acids is 1. The van der Waals surface area contributed by atoms with Gasteiger partial charge in [0, 0.05) is 37.2 Å². The Balaban J connectivity index is 1.69. The molecule has 2 aliphatic heterocycles. The van der Waals surface area contributed by atoms with Gasteiger partial charge in [-0.25, -0.2) is 8.78 Å². The van der Waals surface area contributed by atoms with Gasteiger partial charge in [0.25, 0.3) is 0 Å². The minimum atomic E-state index is -1.17. The number of aliphatic hydroxyl groups is 1. The van der Waals surface area contributed by atoms with Crippen molar-refractivity contribution in [2.75, 3.05) is 19.6 Å². The van der Waals surface area contributed by atoms with E-state index in [1.54, 1.807) is 4.90 Å². The Morgan fingerprint density at radius 1 is 1.06 bits per heavy atom. The molecule has 184 valence electrons. The van der Waals surface area contributed by atoms with Crippen LogP contribution >= 0.6 is 0 Å². The van der Waals surface area contributed by atoms with Gasteiger partial charge in [0.05, 0.1) is 12.0 Å². The Hall–Kier alpha value is -2.31. The molecule has 2 aliphatic rings. The van der Waals surface area contributed by atoms with Crippen molar-refractivity contribution < 1.29 is 18.7 Å². The molecule has 0 aromatic heterocycles. The lowest BCUT2D eigenvalue weighted by atomic mass is 9.72. The lowest BCUT2D eigenvalue weighted by Gasteiger charge is -2.50. The van der Waals surface area contributed by atoms with Crippen LogP contribution < -0.4 is 0 Å². The molecule has 4 nitrogen and oxygen atoms in total. The molecule has 2 fully saturated rings. The number of nitrogens with zero attached hydrogens (tertiary/aromatic N) is 2. The topological polar surface area (TPSA) is 43.8 Å². The molecule has 0 spiro atoms. The average Bonchev–Trinajstić information content (AvgIpc) is 3.23. The Kier molecular flexibility index (Phi) is 6.60. The molecule has 0 bridgehead atoms. The van der Waals surface area contributed by atoms with Gasteiger partial charge in [-0.15, -0.1) is 0 Å². The average molecular weight is 471 g/mol. The zero-order chi connectivity index (χ0) is 24.8. The van der Waals surface area contributed by atoms with Crippen LogP contribution in [0.2, 0.25) is 0 Å². The summed E-state index contributed by atoms with van der Waals surface area (Å²) in [6.45, 7) is 11.7. The summed E-state index contributed by atoms with van der Waals surface area (Å²) in [5.41, 5.74) is -0.191. The zero-order valence-electron chi connectivity index (χ0n) is 20.8. The Morgan fingerprint density at radius 2 is 1.74 bits per heavy atom. The van der Waals surface area contributed by atoms with E-state index in [4.69, 9.17) is 0 Å². The second-order valence-corrected chi connectivity index (χ2v) is 11.0. The summed E-state index contributed by atoms with van der Waals surface area (Å²) in [4.78, 5) is 18.1. The summed E-state index contributed by atoms with van der Waals surface area (Å²) in [7, 11) is 0. The second kappa shape index (κ2) is 9.04. The highest BCUT2D eigenvalue weighted by Crippen LogP contribution is 2.44. The van der Waals surface area contributed by atoms with Crippen LogP contribution in [-0.2, 0) is 10.4 Å². The number of hydrogen-bond acceptors (Lipinski definition) is 3. The van der Waals surface area contributed by atoms with Gasteiger partial charge in [-0.2, -0.15) is 0 Å². The summed E-state index contributed by atoms with van der Waals surface area (Å²) in [6, 6.07) is 12.7. The van der Waals surface area contributed by atoms with Crippen LogP contribution in [0.5, 0.6) is 0 Å². The molecule has 0 radical (unpaired) electrons. The fraction of sp³-hybridized carbons (Fsp3) is 0.536. The van der Waals surface area contributed by atoms with E-state index in [-0.39, 0.29) is 23.3 Å². The normalized spacial score (nSPS) is 30.5. The molecule has 2 heterocycles. The number of carbonyl (C=O) groups is 1. The summed E-state index contributed by atoms with van der Waals surface area (Å²) >= 11 is 0. The first kappa shape index (κ1) is 24.8. The van der Waals surface area contributed by atoms with Gasteiger partial charge < -0.3 is 10.0 Å². The molecule has 4 rings (SSSR count). The third kappa shape index (κ3) is 4.27. The van der Waals surface area contributed by atoms with Crippen LogP contribution in [0.15, 0.2) is 48.5 Å². The Labute approximate surface area is 201 Å². The first-order valence-corrected chi connectivity index (χ1v) is 12.2. The highest BCUT2D eigenvalue weighted by atomic mass is 19.1. The Bertz CT molecular complexity index is 1040. The van der Waals surface area contributed by atoms with Crippen LogP contribution in [0, 0.1) is 23.5 Å². The lowest BCUT2D eigenvalue weighted by Crippen LogP contribution is -2.60. The van der Waals surface area contributed by atoms with E-state index in [1.165, 1.54) is 12.1 Å². The third-order valence-corrected chi connectivity index (χ3v) is 8.13. The van der Waals surface area contributed by atoms with E-state index in [1.807, 2.05) is 44.2 Å². The van der Waals surface area contributed by atoms with Crippen molar-refractivity contribution in [3.8, 4) is 0 Å². The maximum atomic E-state index is 14.9.